The Morgan fingerprint density at radius 3 is 1.56 bits per heavy atom. The van der Waals surface area contributed by atoms with E-state index in [1.807, 2.05) is 109 Å². The highest BCUT2D eigenvalue weighted by Crippen LogP contribution is 2.53. The lowest BCUT2D eigenvalue weighted by molar-refractivity contribution is -0.160. The SMILES string of the molecule is COc1ccc2c(c1OCc1ccccc1)CC(C(=O)O)N(C(=O)C(OC1CCC(COc3ccc4c(c3OCc3ccccc3)CC(C(=O)O)N(C(=O)C(OC3CC5CC5C3)c3ccccc3)C4)C1)c1ccc(F)cc1)C2. The zero-order valence-electron chi connectivity index (χ0n) is 43.4. The van der Waals surface area contributed by atoms with Gasteiger partial charge in [0.25, 0.3) is 11.8 Å². The molecule has 11 rings (SSSR count). The van der Waals surface area contributed by atoms with Gasteiger partial charge in [-0.05, 0) is 114 Å². The lowest BCUT2D eigenvalue weighted by Gasteiger charge is -2.38. The summed E-state index contributed by atoms with van der Waals surface area (Å²) in [7, 11) is 1.52. The normalized spacial score (nSPS) is 22.8. The molecule has 0 spiro atoms. The first kappa shape index (κ1) is 52.3. The van der Waals surface area contributed by atoms with Gasteiger partial charge >= 0.3 is 11.9 Å². The minimum atomic E-state index is -1.27. The third-order valence-electron chi connectivity index (χ3n) is 16.2. The number of aliphatic carboxylic acids is 2. The number of hydrogen-bond donors (Lipinski definition) is 2. The molecule has 0 bridgehead atoms. The highest BCUT2D eigenvalue weighted by atomic mass is 19.1. The number of rotatable bonds is 20. The van der Waals surface area contributed by atoms with Crippen molar-refractivity contribution < 1.29 is 62.2 Å². The van der Waals surface area contributed by atoms with Crippen molar-refractivity contribution in [3.63, 3.8) is 0 Å². The van der Waals surface area contributed by atoms with Gasteiger partial charge in [0.1, 0.15) is 31.1 Å². The summed E-state index contributed by atoms with van der Waals surface area (Å²) >= 11 is 0. The van der Waals surface area contributed by atoms with Crippen LogP contribution in [0.15, 0.2) is 140 Å². The van der Waals surface area contributed by atoms with E-state index >= 15 is 0 Å². The van der Waals surface area contributed by atoms with Crippen LogP contribution >= 0.6 is 0 Å². The van der Waals surface area contributed by atoms with Crippen LogP contribution in [0.1, 0.15) is 95.2 Å². The Kier molecular flexibility index (Phi) is 15.5. The number of amides is 2. The van der Waals surface area contributed by atoms with Crippen LogP contribution in [0.2, 0.25) is 0 Å². The molecule has 5 aliphatic rings. The molecule has 2 N–H and O–H groups in total. The summed E-state index contributed by atoms with van der Waals surface area (Å²) in [5.74, 6) is -0.861. The molecule has 2 heterocycles. The maximum Gasteiger partial charge on any atom is 0.326 e. The topological polar surface area (TPSA) is 171 Å². The lowest BCUT2D eigenvalue weighted by atomic mass is 9.91. The summed E-state index contributed by atoms with van der Waals surface area (Å²) in [6.45, 7) is 0.633. The van der Waals surface area contributed by atoms with E-state index in [0.29, 0.717) is 81.9 Å². The fourth-order valence-corrected chi connectivity index (χ4v) is 12.0. The number of fused-ring (bicyclic) bond motifs is 3. The van der Waals surface area contributed by atoms with Crippen LogP contribution in [0.5, 0.6) is 23.0 Å². The van der Waals surface area contributed by atoms with Crippen molar-refractivity contribution >= 4 is 23.8 Å². The van der Waals surface area contributed by atoms with Gasteiger partial charge in [0, 0.05) is 37.1 Å². The third-order valence-corrected chi connectivity index (χ3v) is 16.2. The van der Waals surface area contributed by atoms with E-state index in [0.717, 1.165) is 29.5 Å². The van der Waals surface area contributed by atoms with Gasteiger partial charge in [0.2, 0.25) is 0 Å². The van der Waals surface area contributed by atoms with Gasteiger partial charge < -0.3 is 48.4 Å². The van der Waals surface area contributed by atoms with E-state index in [9.17, 15) is 33.8 Å². The van der Waals surface area contributed by atoms with E-state index < -0.39 is 60.0 Å². The van der Waals surface area contributed by atoms with Crippen molar-refractivity contribution in [1.29, 1.82) is 0 Å². The number of ether oxygens (including phenoxy) is 6. The Balaban J connectivity index is 0.811. The molecule has 0 radical (unpaired) electrons. The lowest BCUT2D eigenvalue weighted by Crippen LogP contribution is -2.51. The Morgan fingerprint density at radius 2 is 1.04 bits per heavy atom. The van der Waals surface area contributed by atoms with Crippen LogP contribution in [-0.2, 0) is 67.8 Å². The first-order valence-corrected chi connectivity index (χ1v) is 27.0. The molecule has 0 aromatic heterocycles. The second-order valence-electron chi connectivity index (χ2n) is 21.3. The third kappa shape index (κ3) is 11.4. The van der Waals surface area contributed by atoms with Gasteiger partial charge in [-0.1, -0.05) is 115 Å². The van der Waals surface area contributed by atoms with Crippen LogP contribution in [0.25, 0.3) is 0 Å². The number of halogens is 1. The Hall–Kier alpha value is -7.75. The molecule has 8 unspecified atom stereocenters. The van der Waals surface area contributed by atoms with Crippen molar-refractivity contribution in [3.8, 4) is 23.0 Å². The molecule has 0 saturated heterocycles. The van der Waals surface area contributed by atoms with Crippen LogP contribution in [0.4, 0.5) is 4.39 Å². The average Bonchev–Trinajstić information content (AvgIpc) is 3.88. The smallest absolute Gasteiger partial charge is 0.326 e. The molecule has 2 amide bonds. The summed E-state index contributed by atoms with van der Waals surface area (Å²) < 4.78 is 52.9. The molecule has 6 aromatic carbocycles. The molecule has 14 nitrogen and oxygen atoms in total. The van der Waals surface area contributed by atoms with Crippen molar-refractivity contribution in [2.24, 2.45) is 17.8 Å². The molecule has 3 aliphatic carbocycles. The number of carbonyl (C=O) groups is 4. The molecule has 3 fully saturated rings. The van der Waals surface area contributed by atoms with Crippen molar-refractivity contribution in [2.75, 3.05) is 13.7 Å². The average molecular weight is 1060 g/mol. The first-order valence-electron chi connectivity index (χ1n) is 27.0. The number of carbonyl (C=O) groups excluding carboxylic acids is 2. The maximum absolute atomic E-state index is 14.9. The summed E-state index contributed by atoms with van der Waals surface area (Å²) in [6.07, 6.45) is 1.94. The van der Waals surface area contributed by atoms with Crippen molar-refractivity contribution in [2.45, 2.75) is 114 Å². The predicted octanol–water partition coefficient (Wildman–Crippen LogP) is 10.2. The first-order chi connectivity index (χ1) is 38.0. The highest BCUT2D eigenvalue weighted by Gasteiger charge is 2.49. The number of benzene rings is 6. The number of carboxylic acid groups (broad SMARTS) is 2. The molecule has 3 saturated carbocycles. The predicted molar refractivity (Wildman–Crippen MR) is 284 cm³/mol. The minimum absolute atomic E-state index is 0.0201. The number of carboxylic acids is 2. The summed E-state index contributed by atoms with van der Waals surface area (Å²) in [6, 6.07) is 38.8. The minimum Gasteiger partial charge on any atom is -0.493 e. The molecule has 404 valence electrons. The zero-order chi connectivity index (χ0) is 53.9. The molecule has 8 atom stereocenters. The molecule has 78 heavy (non-hydrogen) atoms. The van der Waals surface area contributed by atoms with Crippen molar-refractivity contribution in [3.05, 3.63) is 190 Å². The number of methoxy groups -OCH3 is 1. The van der Waals surface area contributed by atoms with Crippen LogP contribution < -0.4 is 18.9 Å². The molecule has 15 heteroatoms. The second kappa shape index (κ2) is 23.1. The fraction of sp³-hybridized carbons (Fsp3) is 0.365. The zero-order valence-corrected chi connectivity index (χ0v) is 43.4. The van der Waals surface area contributed by atoms with Gasteiger partial charge in [-0.25, -0.2) is 14.0 Å². The van der Waals surface area contributed by atoms with E-state index in [2.05, 4.69) is 0 Å². The number of nitrogens with zero attached hydrogens (tertiary/aromatic N) is 2. The molecular formula is C63H63FN2O12. The highest BCUT2D eigenvalue weighted by molar-refractivity contribution is 5.89. The van der Waals surface area contributed by atoms with Gasteiger partial charge in [0.15, 0.2) is 35.2 Å². The standard InChI is InChI=1S/C63H63FN2O12/c1-73-54-25-20-43-33-66(52(62(69)70)31-50(43)58(54)75-35-38-11-5-2-6-12-38)61(68)57(42-18-22-47(64)23-19-42)77-48-24-17-40(27-48)37-74-55-26-21-44-34-65(53(63(71)72)32-51(44)59(55)76-36-39-13-7-3-8-14-39)60(67)56(41-15-9-4-10-16-41)78-49-29-45-28-46(45)30-49/h2-16,18-23,25-26,40,45-46,48-49,52-53,56-57H,17,24,27-37H2,1H3,(H,69,70)(H,71,72). The number of hydrogen-bond acceptors (Lipinski definition) is 10. The quantitative estimate of drug-likeness (QED) is 0.0743. The molecule has 6 aromatic rings. The fourth-order valence-electron chi connectivity index (χ4n) is 12.0. The second-order valence-corrected chi connectivity index (χ2v) is 21.3. The summed E-state index contributed by atoms with van der Waals surface area (Å²) in [5.41, 5.74) is 5.63. The van der Waals surface area contributed by atoms with Gasteiger partial charge in [-0.15, -0.1) is 0 Å². The van der Waals surface area contributed by atoms with Crippen molar-refractivity contribution in [1.82, 2.24) is 9.80 Å². The maximum atomic E-state index is 14.9. The Morgan fingerprint density at radius 1 is 0.551 bits per heavy atom. The monoisotopic (exact) mass is 1060 g/mol. The summed E-state index contributed by atoms with van der Waals surface area (Å²) in [4.78, 5) is 58.7. The molecular weight excluding hydrogens is 996 g/mol. The van der Waals surface area contributed by atoms with Crippen LogP contribution in [0, 0.1) is 23.6 Å². The van der Waals surface area contributed by atoms with Gasteiger partial charge in [0.05, 0.1) is 25.9 Å². The van der Waals surface area contributed by atoms with E-state index in [1.54, 1.807) is 6.07 Å². The largest absolute Gasteiger partial charge is 0.493 e. The van der Waals surface area contributed by atoms with Crippen LogP contribution in [0.3, 0.4) is 0 Å². The van der Waals surface area contributed by atoms with E-state index in [4.69, 9.17) is 28.4 Å². The van der Waals surface area contributed by atoms with Gasteiger partial charge in [-0.2, -0.15) is 0 Å². The molecule has 2 aliphatic heterocycles. The Bertz CT molecular complexity index is 3120. The van der Waals surface area contributed by atoms with E-state index in [1.165, 1.54) is 47.6 Å². The van der Waals surface area contributed by atoms with E-state index in [-0.39, 0.29) is 57.8 Å². The van der Waals surface area contributed by atoms with Gasteiger partial charge in [-0.3, -0.25) is 9.59 Å². The van der Waals surface area contributed by atoms with Crippen LogP contribution in [-0.4, -0.2) is 81.8 Å². The summed E-state index contributed by atoms with van der Waals surface area (Å²) in [5, 5.41) is 21.5. The Labute approximate surface area is 452 Å².